The standard InChI is InChI=1S/C14H24N2O3/c1-19-10-14(5-3-6-14)13(18)16-7-2-4-11(9-16)8-12(15)17/h11H,2-10H2,1H3,(H2,15,17). The lowest BCUT2D eigenvalue weighted by Gasteiger charge is -2.45. The Morgan fingerprint density at radius 1 is 1.37 bits per heavy atom. The van der Waals surface area contributed by atoms with E-state index in [2.05, 4.69) is 0 Å². The summed E-state index contributed by atoms with van der Waals surface area (Å²) in [6.07, 6.45) is 5.30. The van der Waals surface area contributed by atoms with Crippen molar-refractivity contribution in [3.63, 3.8) is 0 Å². The molecule has 2 aliphatic rings. The Hall–Kier alpha value is -1.10. The molecule has 1 saturated carbocycles. The first kappa shape index (κ1) is 14.3. The Balaban J connectivity index is 1.96. The van der Waals surface area contributed by atoms with Crippen molar-refractivity contribution >= 4 is 11.8 Å². The number of methoxy groups -OCH3 is 1. The summed E-state index contributed by atoms with van der Waals surface area (Å²) in [7, 11) is 1.65. The van der Waals surface area contributed by atoms with Gasteiger partial charge in [0, 0.05) is 26.6 Å². The molecule has 5 nitrogen and oxygen atoms in total. The fraction of sp³-hybridized carbons (Fsp3) is 0.857. The van der Waals surface area contributed by atoms with E-state index in [-0.39, 0.29) is 23.1 Å². The average Bonchev–Trinajstić information content (AvgIpc) is 2.32. The van der Waals surface area contributed by atoms with Crippen molar-refractivity contribution in [2.24, 2.45) is 17.1 Å². The van der Waals surface area contributed by atoms with Crippen LogP contribution in [0.5, 0.6) is 0 Å². The molecule has 0 bridgehead atoms. The van der Waals surface area contributed by atoms with Gasteiger partial charge in [0.1, 0.15) is 0 Å². The minimum atomic E-state index is -0.288. The molecule has 0 aromatic heterocycles. The van der Waals surface area contributed by atoms with E-state index in [1.165, 1.54) is 0 Å². The molecule has 1 saturated heterocycles. The molecule has 0 aromatic carbocycles. The highest BCUT2D eigenvalue weighted by molar-refractivity contribution is 5.84. The number of nitrogens with two attached hydrogens (primary N) is 1. The van der Waals surface area contributed by atoms with Gasteiger partial charge in [-0.15, -0.1) is 0 Å². The van der Waals surface area contributed by atoms with E-state index in [0.29, 0.717) is 19.6 Å². The maximum Gasteiger partial charge on any atom is 0.231 e. The largest absolute Gasteiger partial charge is 0.384 e. The summed E-state index contributed by atoms with van der Waals surface area (Å²) in [5.41, 5.74) is 4.96. The molecule has 0 radical (unpaired) electrons. The predicted octanol–water partition coefficient (Wildman–Crippen LogP) is 0.917. The number of amides is 2. The van der Waals surface area contributed by atoms with Crippen molar-refractivity contribution in [3.8, 4) is 0 Å². The number of rotatable bonds is 5. The molecule has 2 N–H and O–H groups in total. The molecular formula is C14H24N2O3. The van der Waals surface area contributed by atoms with Crippen LogP contribution in [0.1, 0.15) is 38.5 Å². The molecule has 1 heterocycles. The van der Waals surface area contributed by atoms with Gasteiger partial charge >= 0.3 is 0 Å². The maximum absolute atomic E-state index is 12.7. The van der Waals surface area contributed by atoms with E-state index in [1.54, 1.807) is 7.11 Å². The molecular weight excluding hydrogens is 244 g/mol. The molecule has 19 heavy (non-hydrogen) atoms. The third-order valence-corrected chi connectivity index (χ3v) is 4.48. The normalized spacial score (nSPS) is 25.7. The lowest BCUT2D eigenvalue weighted by Crippen LogP contribution is -2.53. The van der Waals surface area contributed by atoms with Crippen molar-refractivity contribution in [2.45, 2.75) is 38.5 Å². The first-order valence-corrected chi connectivity index (χ1v) is 7.14. The summed E-state index contributed by atoms with van der Waals surface area (Å²) in [4.78, 5) is 25.6. The highest BCUT2D eigenvalue weighted by Crippen LogP contribution is 2.43. The van der Waals surface area contributed by atoms with E-state index in [1.807, 2.05) is 4.90 Å². The van der Waals surface area contributed by atoms with Crippen LogP contribution in [-0.2, 0) is 14.3 Å². The molecule has 0 aromatic rings. The van der Waals surface area contributed by atoms with Gasteiger partial charge < -0.3 is 15.4 Å². The van der Waals surface area contributed by atoms with Crippen molar-refractivity contribution in [1.82, 2.24) is 4.90 Å². The number of piperidine rings is 1. The lowest BCUT2D eigenvalue weighted by atomic mass is 9.68. The zero-order valence-corrected chi connectivity index (χ0v) is 11.7. The number of hydrogen-bond acceptors (Lipinski definition) is 3. The molecule has 1 unspecified atom stereocenters. The molecule has 2 amide bonds. The van der Waals surface area contributed by atoms with Crippen molar-refractivity contribution in [3.05, 3.63) is 0 Å². The third-order valence-electron chi connectivity index (χ3n) is 4.48. The molecule has 2 rings (SSSR count). The number of hydrogen-bond donors (Lipinski definition) is 1. The van der Waals surface area contributed by atoms with Crippen molar-refractivity contribution in [2.75, 3.05) is 26.8 Å². The van der Waals surface area contributed by atoms with Gasteiger partial charge in [0.25, 0.3) is 0 Å². The Morgan fingerprint density at radius 3 is 2.63 bits per heavy atom. The van der Waals surface area contributed by atoms with E-state index in [0.717, 1.165) is 38.6 Å². The summed E-state index contributed by atoms with van der Waals surface area (Å²) in [6.45, 7) is 2.00. The molecule has 5 heteroatoms. The van der Waals surface area contributed by atoms with Gasteiger partial charge in [-0.2, -0.15) is 0 Å². The van der Waals surface area contributed by atoms with Gasteiger partial charge in [0.2, 0.25) is 11.8 Å². The second kappa shape index (κ2) is 5.90. The number of carbonyl (C=O) groups excluding carboxylic acids is 2. The van der Waals surface area contributed by atoms with Gasteiger partial charge in [-0.25, -0.2) is 0 Å². The number of carbonyl (C=O) groups is 2. The quantitative estimate of drug-likeness (QED) is 0.805. The Kier molecular flexibility index (Phi) is 4.45. The second-order valence-corrected chi connectivity index (χ2v) is 6.00. The van der Waals surface area contributed by atoms with E-state index in [4.69, 9.17) is 10.5 Å². The minimum absolute atomic E-state index is 0.217. The van der Waals surface area contributed by atoms with Crippen LogP contribution in [0.3, 0.4) is 0 Å². The van der Waals surface area contributed by atoms with E-state index < -0.39 is 0 Å². The van der Waals surface area contributed by atoms with Crippen LogP contribution in [-0.4, -0.2) is 43.5 Å². The highest BCUT2D eigenvalue weighted by atomic mass is 16.5. The molecule has 1 aliphatic heterocycles. The Labute approximate surface area is 114 Å². The SMILES string of the molecule is COCC1(C(=O)N2CCCC(CC(N)=O)C2)CCC1. The van der Waals surface area contributed by atoms with Crippen LogP contribution in [0, 0.1) is 11.3 Å². The Morgan fingerprint density at radius 2 is 2.11 bits per heavy atom. The van der Waals surface area contributed by atoms with Gasteiger partial charge in [-0.05, 0) is 31.6 Å². The van der Waals surface area contributed by atoms with Crippen molar-refractivity contribution in [1.29, 1.82) is 0 Å². The first-order valence-electron chi connectivity index (χ1n) is 7.14. The van der Waals surface area contributed by atoms with E-state index in [9.17, 15) is 9.59 Å². The van der Waals surface area contributed by atoms with Crippen LogP contribution < -0.4 is 5.73 Å². The van der Waals surface area contributed by atoms with Gasteiger partial charge in [0.05, 0.1) is 12.0 Å². The molecule has 108 valence electrons. The fourth-order valence-corrected chi connectivity index (χ4v) is 3.34. The van der Waals surface area contributed by atoms with Crippen LogP contribution in [0.4, 0.5) is 0 Å². The molecule has 2 fully saturated rings. The van der Waals surface area contributed by atoms with Crippen LogP contribution >= 0.6 is 0 Å². The summed E-state index contributed by atoms with van der Waals surface area (Å²) >= 11 is 0. The topological polar surface area (TPSA) is 72.6 Å². The van der Waals surface area contributed by atoms with Crippen LogP contribution in [0.25, 0.3) is 0 Å². The van der Waals surface area contributed by atoms with Crippen molar-refractivity contribution < 1.29 is 14.3 Å². The predicted molar refractivity (Wildman–Crippen MR) is 71.3 cm³/mol. The zero-order chi connectivity index (χ0) is 13.9. The molecule has 1 aliphatic carbocycles. The second-order valence-electron chi connectivity index (χ2n) is 6.00. The summed E-state index contributed by atoms with van der Waals surface area (Å²) in [5, 5.41) is 0. The Bertz CT molecular complexity index is 353. The first-order chi connectivity index (χ1) is 9.07. The van der Waals surface area contributed by atoms with Gasteiger partial charge in [-0.1, -0.05) is 6.42 Å². The fourth-order valence-electron chi connectivity index (χ4n) is 3.34. The third kappa shape index (κ3) is 3.08. The average molecular weight is 268 g/mol. The number of primary amides is 1. The highest BCUT2D eigenvalue weighted by Gasteiger charge is 2.46. The smallest absolute Gasteiger partial charge is 0.231 e. The van der Waals surface area contributed by atoms with Crippen LogP contribution in [0.2, 0.25) is 0 Å². The minimum Gasteiger partial charge on any atom is -0.384 e. The number of nitrogens with zero attached hydrogens (tertiary/aromatic N) is 1. The zero-order valence-electron chi connectivity index (χ0n) is 11.7. The summed E-state index contributed by atoms with van der Waals surface area (Å²) < 4.78 is 5.23. The monoisotopic (exact) mass is 268 g/mol. The number of ether oxygens (including phenoxy) is 1. The van der Waals surface area contributed by atoms with Crippen LogP contribution in [0.15, 0.2) is 0 Å². The molecule has 0 spiro atoms. The molecule has 1 atom stereocenters. The summed E-state index contributed by atoms with van der Waals surface area (Å²) in [5.74, 6) is 0.180. The maximum atomic E-state index is 12.7. The van der Waals surface area contributed by atoms with E-state index >= 15 is 0 Å². The van der Waals surface area contributed by atoms with Gasteiger partial charge in [-0.3, -0.25) is 9.59 Å². The lowest BCUT2D eigenvalue weighted by molar-refractivity contribution is -0.154. The van der Waals surface area contributed by atoms with Gasteiger partial charge in [0.15, 0.2) is 0 Å². The number of likely N-dealkylation sites (tertiary alicyclic amines) is 1. The summed E-state index contributed by atoms with van der Waals surface area (Å²) in [6, 6.07) is 0.